The zero-order valence-electron chi connectivity index (χ0n) is 21.6. The smallest absolute Gasteiger partial charge is 0.347 e. The van der Waals surface area contributed by atoms with Crippen LogP contribution in [-0.2, 0) is 46.6 Å². The molecule has 0 aromatic heterocycles. The van der Waals surface area contributed by atoms with Crippen LogP contribution in [0, 0.1) is 0 Å². The van der Waals surface area contributed by atoms with E-state index in [1.54, 1.807) is 91.0 Å². The third kappa shape index (κ3) is 5.26. The van der Waals surface area contributed by atoms with Crippen LogP contribution in [0.3, 0.4) is 0 Å². The van der Waals surface area contributed by atoms with Gasteiger partial charge >= 0.3 is 17.9 Å². The fourth-order valence-corrected chi connectivity index (χ4v) is 4.80. The molecule has 202 valence electrons. The lowest BCUT2D eigenvalue weighted by atomic mass is 9.80. The Balaban J connectivity index is 1.83. The lowest BCUT2D eigenvalue weighted by Gasteiger charge is -2.42. The van der Waals surface area contributed by atoms with Crippen molar-refractivity contribution in [3.63, 3.8) is 0 Å². The molecule has 1 fully saturated rings. The molecule has 39 heavy (non-hydrogen) atoms. The van der Waals surface area contributed by atoms with Crippen molar-refractivity contribution in [2.24, 2.45) is 0 Å². The van der Waals surface area contributed by atoms with Gasteiger partial charge in [0.15, 0.2) is 6.04 Å². The molecule has 1 N–H and O–H groups in total. The maximum Gasteiger partial charge on any atom is 0.347 e. The van der Waals surface area contributed by atoms with Crippen LogP contribution >= 0.6 is 0 Å². The Morgan fingerprint density at radius 3 is 1.69 bits per heavy atom. The minimum atomic E-state index is -2.72. The summed E-state index contributed by atoms with van der Waals surface area (Å²) in [5, 5.41) is 11.6. The maximum absolute atomic E-state index is 14.0. The molecule has 1 unspecified atom stereocenters. The summed E-state index contributed by atoms with van der Waals surface area (Å²) < 4.78 is 16.1. The van der Waals surface area contributed by atoms with Gasteiger partial charge in [0, 0.05) is 0 Å². The molecule has 1 amide bonds. The topological polar surface area (TPSA) is 119 Å². The van der Waals surface area contributed by atoms with Crippen LogP contribution in [-0.4, -0.2) is 52.1 Å². The number of nitrogens with zero attached hydrogens (tertiary/aromatic N) is 1. The van der Waals surface area contributed by atoms with E-state index in [1.807, 2.05) is 0 Å². The normalized spacial score (nSPS) is 18.7. The fraction of sp³-hybridized carbons (Fsp3) is 0.267. The van der Waals surface area contributed by atoms with Crippen LogP contribution in [0.4, 0.5) is 0 Å². The second-order valence-corrected chi connectivity index (χ2v) is 9.38. The molecular formula is C30H29NO8. The zero-order valence-corrected chi connectivity index (χ0v) is 21.6. The van der Waals surface area contributed by atoms with Crippen LogP contribution in [0.25, 0.3) is 0 Å². The van der Waals surface area contributed by atoms with Crippen molar-refractivity contribution in [3.8, 4) is 0 Å². The number of hydrogen-bond acceptors (Lipinski definition) is 8. The lowest BCUT2D eigenvalue weighted by Crippen LogP contribution is -2.69. The van der Waals surface area contributed by atoms with Crippen molar-refractivity contribution < 1.29 is 38.5 Å². The summed E-state index contributed by atoms with van der Waals surface area (Å²) in [6, 6.07) is 23.9. The molecule has 3 aromatic rings. The first kappa shape index (κ1) is 27.5. The van der Waals surface area contributed by atoms with E-state index >= 15 is 0 Å². The average molecular weight is 532 g/mol. The molecule has 3 aromatic carbocycles. The summed E-state index contributed by atoms with van der Waals surface area (Å²) in [5.41, 5.74) is -3.52. The van der Waals surface area contributed by atoms with Crippen molar-refractivity contribution in [3.05, 3.63) is 108 Å². The van der Waals surface area contributed by atoms with Gasteiger partial charge in [0.05, 0.1) is 13.5 Å². The van der Waals surface area contributed by atoms with Gasteiger partial charge in [0.25, 0.3) is 5.54 Å². The first-order chi connectivity index (χ1) is 18.7. The summed E-state index contributed by atoms with van der Waals surface area (Å²) in [6.07, 6.45) is -0.645. The van der Waals surface area contributed by atoms with E-state index in [2.05, 4.69) is 0 Å². The minimum absolute atomic E-state index is 0.250. The largest absolute Gasteiger partial charge is 0.467 e. The van der Waals surface area contributed by atoms with Crippen LogP contribution in [0.2, 0.25) is 0 Å². The fourth-order valence-electron chi connectivity index (χ4n) is 4.80. The van der Waals surface area contributed by atoms with E-state index in [0.29, 0.717) is 11.1 Å². The predicted octanol–water partition coefficient (Wildman–Crippen LogP) is 3.11. The summed E-state index contributed by atoms with van der Waals surface area (Å²) in [4.78, 5) is 55.4. The standard InChI is InChI=1S/C30H29NO8/c1-29(36)18-24(32)31(25(26(33)37-2)23-16-10-5-11-17-23)30(29,27(34)38-19-21-12-6-3-7-13-21)28(35)39-20-22-14-8-4-9-15-22/h3-17,25,36H,18-20H2,1-2H3/t25-,29?/m1/s1. The molecule has 0 aliphatic carbocycles. The molecule has 0 bridgehead atoms. The highest BCUT2D eigenvalue weighted by molar-refractivity contribution is 6.13. The number of methoxy groups -OCH3 is 1. The molecule has 1 aliphatic rings. The van der Waals surface area contributed by atoms with E-state index in [1.165, 1.54) is 6.92 Å². The van der Waals surface area contributed by atoms with Crippen LogP contribution < -0.4 is 0 Å². The Kier molecular flexibility index (Phi) is 8.11. The van der Waals surface area contributed by atoms with Crippen molar-refractivity contribution >= 4 is 23.8 Å². The number of ether oxygens (including phenoxy) is 3. The van der Waals surface area contributed by atoms with Crippen LogP contribution in [0.15, 0.2) is 91.0 Å². The molecule has 2 atom stereocenters. The maximum atomic E-state index is 14.0. The van der Waals surface area contributed by atoms with Gasteiger partial charge in [-0.25, -0.2) is 14.4 Å². The molecule has 9 heteroatoms. The zero-order chi connectivity index (χ0) is 28.0. The monoisotopic (exact) mass is 531 g/mol. The number of hydrogen-bond donors (Lipinski definition) is 1. The number of carbonyl (C=O) groups is 4. The number of rotatable bonds is 9. The Hall–Kier alpha value is -4.50. The molecule has 9 nitrogen and oxygen atoms in total. The number of esters is 3. The molecule has 1 aliphatic heterocycles. The highest BCUT2D eigenvalue weighted by Gasteiger charge is 2.73. The summed E-state index contributed by atoms with van der Waals surface area (Å²) in [7, 11) is 1.13. The van der Waals surface area contributed by atoms with E-state index in [4.69, 9.17) is 14.2 Å². The van der Waals surface area contributed by atoms with Gasteiger partial charge < -0.3 is 19.3 Å². The quantitative estimate of drug-likeness (QED) is 0.254. The number of benzene rings is 3. The van der Waals surface area contributed by atoms with E-state index in [-0.39, 0.29) is 18.8 Å². The van der Waals surface area contributed by atoms with Crippen molar-refractivity contribution in [1.29, 1.82) is 0 Å². The molecule has 0 saturated carbocycles. The summed E-state index contributed by atoms with van der Waals surface area (Å²) in [5.74, 6) is -4.20. The first-order valence-corrected chi connectivity index (χ1v) is 12.3. The van der Waals surface area contributed by atoms with Gasteiger partial charge in [-0.05, 0) is 23.6 Å². The van der Waals surface area contributed by atoms with E-state index < -0.39 is 47.4 Å². The molecule has 4 rings (SSSR count). The van der Waals surface area contributed by atoms with Gasteiger partial charge in [0.2, 0.25) is 5.91 Å². The number of carbonyl (C=O) groups excluding carboxylic acids is 4. The third-order valence-corrected chi connectivity index (χ3v) is 6.72. The Bertz CT molecular complexity index is 1270. The summed E-state index contributed by atoms with van der Waals surface area (Å²) in [6.45, 7) is 0.678. The predicted molar refractivity (Wildman–Crippen MR) is 138 cm³/mol. The Labute approximate surface area is 225 Å². The number of likely N-dealkylation sites (tertiary alicyclic amines) is 1. The van der Waals surface area contributed by atoms with Gasteiger partial charge in [0.1, 0.15) is 18.8 Å². The Morgan fingerprint density at radius 1 is 0.821 bits per heavy atom. The minimum Gasteiger partial charge on any atom is -0.467 e. The van der Waals surface area contributed by atoms with E-state index in [0.717, 1.165) is 12.0 Å². The molecule has 1 saturated heterocycles. The van der Waals surface area contributed by atoms with Gasteiger partial charge in [-0.1, -0.05) is 91.0 Å². The number of aliphatic hydroxyl groups is 1. The highest BCUT2D eigenvalue weighted by atomic mass is 16.6. The molecular weight excluding hydrogens is 502 g/mol. The van der Waals surface area contributed by atoms with Crippen molar-refractivity contribution in [2.75, 3.05) is 7.11 Å². The van der Waals surface area contributed by atoms with E-state index in [9.17, 15) is 24.3 Å². The van der Waals surface area contributed by atoms with Gasteiger partial charge in [-0.3, -0.25) is 9.69 Å². The number of amides is 1. The van der Waals surface area contributed by atoms with Crippen molar-refractivity contribution in [2.45, 2.75) is 43.7 Å². The second-order valence-electron chi connectivity index (χ2n) is 9.38. The van der Waals surface area contributed by atoms with Crippen LogP contribution in [0.5, 0.6) is 0 Å². The second kappa shape index (κ2) is 11.5. The molecule has 0 radical (unpaired) electrons. The lowest BCUT2D eigenvalue weighted by molar-refractivity contribution is -0.194. The van der Waals surface area contributed by atoms with Crippen molar-refractivity contribution in [1.82, 2.24) is 4.90 Å². The average Bonchev–Trinajstić information content (AvgIpc) is 3.17. The Morgan fingerprint density at radius 2 is 1.26 bits per heavy atom. The SMILES string of the molecule is COC(=O)[C@@H](c1ccccc1)N1C(=O)CC(C)(O)C1(C(=O)OCc1ccccc1)C(=O)OCc1ccccc1. The first-order valence-electron chi connectivity index (χ1n) is 12.3. The highest BCUT2D eigenvalue weighted by Crippen LogP contribution is 2.46. The van der Waals surface area contributed by atoms with Crippen LogP contribution in [0.1, 0.15) is 36.1 Å². The van der Waals surface area contributed by atoms with Gasteiger partial charge in [-0.15, -0.1) is 0 Å². The molecule has 1 heterocycles. The molecule has 0 spiro atoms. The third-order valence-electron chi connectivity index (χ3n) is 6.72. The summed E-state index contributed by atoms with van der Waals surface area (Å²) >= 11 is 0. The van der Waals surface area contributed by atoms with Gasteiger partial charge in [-0.2, -0.15) is 0 Å².